The molecule has 2 aromatic rings. The third-order valence-electron chi connectivity index (χ3n) is 2.38. The van der Waals surface area contributed by atoms with E-state index >= 15 is 0 Å². The molecular formula is C10H7NO7S. The number of carbonyl (C=O) groups is 1. The average Bonchev–Trinajstić information content (AvgIpc) is 2.28. The van der Waals surface area contributed by atoms with Crippen LogP contribution in [0.5, 0.6) is 11.5 Å². The van der Waals surface area contributed by atoms with E-state index in [9.17, 15) is 23.4 Å². The number of phenols is 1. The van der Waals surface area contributed by atoms with Crippen LogP contribution in [0.3, 0.4) is 0 Å². The largest absolute Gasteiger partial charge is 0.507 e. The van der Waals surface area contributed by atoms with Gasteiger partial charge in [-0.1, -0.05) is 0 Å². The summed E-state index contributed by atoms with van der Waals surface area (Å²) in [5.41, 5.74) is -1.01. The van der Waals surface area contributed by atoms with Crippen molar-refractivity contribution in [1.82, 2.24) is 4.98 Å². The lowest BCUT2D eigenvalue weighted by molar-refractivity contribution is 0.0690. The number of aromatic carboxylic acids is 1. The summed E-state index contributed by atoms with van der Waals surface area (Å²) in [5, 5.41) is 27.5. The first-order valence-electron chi connectivity index (χ1n) is 4.78. The maximum atomic E-state index is 11.1. The molecule has 0 bridgehead atoms. The Hall–Kier alpha value is -2.39. The number of aromatic hydroxyl groups is 2. The van der Waals surface area contributed by atoms with E-state index in [4.69, 9.17) is 9.66 Å². The number of hydrogen-bond acceptors (Lipinski definition) is 6. The second kappa shape index (κ2) is 4.07. The first kappa shape index (κ1) is 13.1. The van der Waals surface area contributed by atoms with Gasteiger partial charge in [0, 0.05) is 6.07 Å². The van der Waals surface area contributed by atoms with Gasteiger partial charge >= 0.3 is 5.97 Å². The van der Waals surface area contributed by atoms with Crippen molar-refractivity contribution in [3.63, 3.8) is 0 Å². The van der Waals surface area contributed by atoms with E-state index in [0.717, 1.165) is 18.2 Å². The van der Waals surface area contributed by atoms with Gasteiger partial charge in [-0.15, -0.1) is 0 Å². The Labute approximate surface area is 106 Å². The first-order chi connectivity index (χ1) is 8.71. The van der Waals surface area contributed by atoms with Gasteiger partial charge < -0.3 is 15.3 Å². The van der Waals surface area contributed by atoms with Crippen molar-refractivity contribution >= 4 is 27.0 Å². The van der Waals surface area contributed by atoms with Gasteiger partial charge in [-0.3, -0.25) is 4.55 Å². The fourth-order valence-electron chi connectivity index (χ4n) is 1.60. The summed E-state index contributed by atoms with van der Waals surface area (Å²) in [6.45, 7) is 0. The van der Waals surface area contributed by atoms with Crippen LogP contribution in [-0.2, 0) is 10.1 Å². The SMILES string of the molecule is O=C(O)c1cc(O)c2c(S(=O)(=O)O)ccc(O)c2n1. The van der Waals surface area contributed by atoms with Crippen LogP contribution in [0.2, 0.25) is 0 Å². The number of benzene rings is 1. The molecule has 4 N–H and O–H groups in total. The zero-order valence-corrected chi connectivity index (χ0v) is 9.92. The number of aromatic nitrogens is 1. The van der Waals surface area contributed by atoms with Gasteiger partial charge in [0.25, 0.3) is 10.1 Å². The third-order valence-corrected chi connectivity index (χ3v) is 3.27. The van der Waals surface area contributed by atoms with Gasteiger partial charge in [0.05, 0.1) is 5.39 Å². The number of carboxylic acids is 1. The van der Waals surface area contributed by atoms with Gasteiger partial charge in [0.1, 0.15) is 21.9 Å². The lowest BCUT2D eigenvalue weighted by Crippen LogP contribution is -2.04. The topological polar surface area (TPSA) is 145 Å². The van der Waals surface area contributed by atoms with Crippen LogP contribution in [0.4, 0.5) is 0 Å². The summed E-state index contributed by atoms with van der Waals surface area (Å²) in [7, 11) is -4.66. The Bertz CT molecular complexity index is 797. The van der Waals surface area contributed by atoms with Crippen molar-refractivity contribution in [2.45, 2.75) is 4.90 Å². The predicted octanol–water partition coefficient (Wildman–Crippen LogP) is 0.591. The van der Waals surface area contributed by atoms with Gasteiger partial charge in [0.2, 0.25) is 0 Å². The van der Waals surface area contributed by atoms with E-state index in [2.05, 4.69) is 4.98 Å². The minimum absolute atomic E-state index is 0.437. The molecule has 0 aliphatic rings. The van der Waals surface area contributed by atoms with E-state index in [1.165, 1.54) is 0 Å². The minimum Gasteiger partial charge on any atom is -0.507 e. The number of hydrogen-bond donors (Lipinski definition) is 4. The van der Waals surface area contributed by atoms with Crippen molar-refractivity contribution in [2.24, 2.45) is 0 Å². The molecule has 0 saturated carbocycles. The summed E-state index contributed by atoms with van der Waals surface area (Å²) < 4.78 is 31.3. The standard InChI is InChI=1S/C10H7NO7S/c12-5-1-2-7(19(16,17)18)8-6(13)3-4(10(14)15)11-9(5)8/h1-3,12H,(H,11,13)(H,14,15)(H,16,17,18). The minimum atomic E-state index is -4.66. The zero-order chi connectivity index (χ0) is 14.4. The summed E-state index contributed by atoms with van der Waals surface area (Å²) in [5.74, 6) is -2.72. The summed E-state index contributed by atoms with van der Waals surface area (Å²) >= 11 is 0. The van der Waals surface area contributed by atoms with Crippen LogP contribution in [0.25, 0.3) is 10.9 Å². The number of nitrogens with zero attached hydrogens (tertiary/aromatic N) is 1. The molecule has 0 fully saturated rings. The molecule has 0 aliphatic carbocycles. The smallest absolute Gasteiger partial charge is 0.354 e. The fraction of sp³-hybridized carbons (Fsp3) is 0. The zero-order valence-electron chi connectivity index (χ0n) is 9.10. The van der Waals surface area contributed by atoms with Crippen molar-refractivity contribution < 1.29 is 33.1 Å². The first-order valence-corrected chi connectivity index (χ1v) is 6.22. The molecule has 0 radical (unpaired) electrons. The average molecular weight is 285 g/mol. The number of phenolic OH excluding ortho intramolecular Hbond substituents is 1. The van der Waals surface area contributed by atoms with Crippen LogP contribution in [0, 0.1) is 0 Å². The monoisotopic (exact) mass is 285 g/mol. The quantitative estimate of drug-likeness (QED) is 0.586. The maximum Gasteiger partial charge on any atom is 0.354 e. The number of pyridine rings is 1. The number of rotatable bonds is 2. The van der Waals surface area contributed by atoms with E-state index in [-0.39, 0.29) is 0 Å². The Morgan fingerprint density at radius 1 is 1.16 bits per heavy atom. The maximum absolute atomic E-state index is 11.1. The van der Waals surface area contributed by atoms with Crippen LogP contribution >= 0.6 is 0 Å². The second-order valence-electron chi connectivity index (χ2n) is 3.61. The Morgan fingerprint density at radius 3 is 2.32 bits per heavy atom. The molecule has 0 aliphatic heterocycles. The Morgan fingerprint density at radius 2 is 1.79 bits per heavy atom. The molecule has 0 amide bonds. The van der Waals surface area contributed by atoms with E-state index < -0.39 is 49.1 Å². The molecule has 2 rings (SSSR count). The number of fused-ring (bicyclic) bond motifs is 1. The van der Waals surface area contributed by atoms with Gasteiger partial charge in [-0.05, 0) is 12.1 Å². The molecular weight excluding hydrogens is 278 g/mol. The molecule has 1 aromatic heterocycles. The molecule has 0 atom stereocenters. The van der Waals surface area contributed by atoms with Crippen LogP contribution in [0.1, 0.15) is 10.5 Å². The molecule has 19 heavy (non-hydrogen) atoms. The fourth-order valence-corrected chi connectivity index (χ4v) is 2.30. The normalized spacial score (nSPS) is 11.6. The van der Waals surface area contributed by atoms with Gasteiger partial charge in [-0.2, -0.15) is 8.42 Å². The Balaban J connectivity index is 3.01. The van der Waals surface area contributed by atoms with Crippen molar-refractivity contribution in [1.29, 1.82) is 0 Å². The summed E-state index contributed by atoms with van der Waals surface area (Å²) in [6, 6.07) is 2.51. The molecule has 1 heterocycles. The predicted molar refractivity (Wildman–Crippen MR) is 61.8 cm³/mol. The molecule has 8 nitrogen and oxygen atoms in total. The van der Waals surface area contributed by atoms with Crippen molar-refractivity contribution in [3.8, 4) is 11.5 Å². The third kappa shape index (κ3) is 2.16. The highest BCUT2D eigenvalue weighted by Gasteiger charge is 2.21. The van der Waals surface area contributed by atoms with Crippen molar-refractivity contribution in [3.05, 3.63) is 23.9 Å². The molecule has 100 valence electrons. The molecule has 0 spiro atoms. The lowest BCUT2D eigenvalue weighted by atomic mass is 10.1. The summed E-state index contributed by atoms with van der Waals surface area (Å²) in [6.07, 6.45) is 0. The lowest BCUT2D eigenvalue weighted by Gasteiger charge is -2.08. The highest BCUT2D eigenvalue weighted by molar-refractivity contribution is 7.86. The van der Waals surface area contributed by atoms with Gasteiger partial charge in [0.15, 0.2) is 5.69 Å². The second-order valence-corrected chi connectivity index (χ2v) is 5.00. The molecule has 9 heteroatoms. The van der Waals surface area contributed by atoms with Gasteiger partial charge in [-0.25, -0.2) is 9.78 Å². The highest BCUT2D eigenvalue weighted by Crippen LogP contribution is 2.35. The van der Waals surface area contributed by atoms with Crippen molar-refractivity contribution in [2.75, 3.05) is 0 Å². The molecule has 0 saturated heterocycles. The van der Waals surface area contributed by atoms with E-state index in [1.807, 2.05) is 0 Å². The van der Waals surface area contributed by atoms with Crippen LogP contribution in [-0.4, -0.2) is 39.2 Å². The van der Waals surface area contributed by atoms with E-state index in [0.29, 0.717) is 0 Å². The summed E-state index contributed by atoms with van der Waals surface area (Å²) in [4.78, 5) is 13.6. The van der Waals surface area contributed by atoms with E-state index in [1.54, 1.807) is 0 Å². The Kier molecular flexibility index (Phi) is 2.80. The van der Waals surface area contributed by atoms with Crippen LogP contribution in [0.15, 0.2) is 23.1 Å². The highest BCUT2D eigenvalue weighted by atomic mass is 32.2. The number of carboxylic acid groups (broad SMARTS) is 1. The van der Waals surface area contributed by atoms with Crippen LogP contribution < -0.4 is 0 Å². The molecule has 1 aromatic carbocycles. The molecule has 0 unspecified atom stereocenters.